The highest BCUT2D eigenvalue weighted by molar-refractivity contribution is 9.10. The summed E-state index contributed by atoms with van der Waals surface area (Å²) >= 11 is 3.41. The maximum Gasteiger partial charge on any atom is 0.321 e. The number of carbonyl (C=O) groups is 1. The van der Waals surface area contributed by atoms with Crippen LogP contribution in [0.15, 0.2) is 47.1 Å². The van der Waals surface area contributed by atoms with Crippen LogP contribution in [0.4, 0.5) is 10.5 Å². The third-order valence-corrected chi connectivity index (χ3v) is 4.36. The molecule has 1 atom stereocenters. The summed E-state index contributed by atoms with van der Waals surface area (Å²) in [5.74, 6) is 1.26. The van der Waals surface area contributed by atoms with E-state index in [1.54, 1.807) is 24.3 Å². The highest BCUT2D eigenvalue weighted by atomic mass is 79.9. The van der Waals surface area contributed by atoms with Gasteiger partial charge in [-0.15, -0.1) is 0 Å². The van der Waals surface area contributed by atoms with Gasteiger partial charge in [0, 0.05) is 30.9 Å². The molecule has 0 bridgehead atoms. The lowest BCUT2D eigenvalue weighted by Gasteiger charge is -2.18. The molecule has 1 aliphatic rings. The van der Waals surface area contributed by atoms with Crippen molar-refractivity contribution in [3.8, 4) is 11.6 Å². The molecule has 6 nitrogen and oxygen atoms in total. The number of nitrogens with one attached hydrogen (secondary N) is 1. The lowest BCUT2D eigenvalue weighted by atomic mass is 10.3. The third-order valence-electron chi connectivity index (χ3n) is 3.76. The highest BCUT2D eigenvalue weighted by Gasteiger charge is 2.28. The molecule has 1 N–H and O–H groups in total. The van der Waals surface area contributed by atoms with Gasteiger partial charge in [-0.25, -0.2) is 9.78 Å². The summed E-state index contributed by atoms with van der Waals surface area (Å²) in [4.78, 5) is 18.3. The number of anilines is 1. The number of amides is 2. The Morgan fingerprint density at radius 2 is 2.25 bits per heavy atom. The number of hydrogen-bond acceptors (Lipinski definition) is 4. The van der Waals surface area contributed by atoms with E-state index in [0.717, 1.165) is 10.9 Å². The molecule has 2 heterocycles. The van der Waals surface area contributed by atoms with Gasteiger partial charge < -0.3 is 19.7 Å². The number of urea groups is 1. The second-order valence-electron chi connectivity index (χ2n) is 5.43. The Bertz CT molecular complexity index is 726. The first-order valence-electron chi connectivity index (χ1n) is 7.63. The fourth-order valence-electron chi connectivity index (χ4n) is 2.53. The molecule has 1 aromatic carbocycles. The number of pyridine rings is 1. The summed E-state index contributed by atoms with van der Waals surface area (Å²) in [5, 5.41) is 2.88. The van der Waals surface area contributed by atoms with E-state index < -0.39 is 0 Å². The Balaban J connectivity index is 1.57. The van der Waals surface area contributed by atoms with Gasteiger partial charge >= 0.3 is 6.03 Å². The molecule has 1 unspecified atom stereocenters. The van der Waals surface area contributed by atoms with E-state index in [-0.39, 0.29) is 12.1 Å². The smallest absolute Gasteiger partial charge is 0.321 e. The van der Waals surface area contributed by atoms with Crippen LogP contribution in [0.1, 0.15) is 6.42 Å². The number of methoxy groups -OCH3 is 1. The molecule has 1 aromatic heterocycles. The number of benzene rings is 1. The molecule has 1 saturated heterocycles. The quantitative estimate of drug-likeness (QED) is 0.865. The molecule has 0 spiro atoms. The molecule has 1 aliphatic heterocycles. The number of nitrogens with zero attached hydrogens (tertiary/aromatic N) is 2. The Hall–Kier alpha value is -2.28. The van der Waals surface area contributed by atoms with Gasteiger partial charge in [0.1, 0.15) is 11.9 Å². The van der Waals surface area contributed by atoms with Crippen molar-refractivity contribution in [2.45, 2.75) is 12.5 Å². The molecule has 7 heteroatoms. The van der Waals surface area contributed by atoms with Gasteiger partial charge in [0.2, 0.25) is 5.88 Å². The highest BCUT2D eigenvalue weighted by Crippen LogP contribution is 2.25. The van der Waals surface area contributed by atoms with E-state index in [1.807, 2.05) is 30.3 Å². The minimum absolute atomic E-state index is 0.0627. The van der Waals surface area contributed by atoms with Crippen LogP contribution < -0.4 is 14.8 Å². The number of likely N-dealkylation sites (tertiary alicyclic amines) is 1. The molecule has 1 fully saturated rings. The van der Waals surface area contributed by atoms with Gasteiger partial charge in [-0.1, -0.05) is 6.07 Å². The van der Waals surface area contributed by atoms with E-state index >= 15 is 0 Å². The molecular weight excluding hydrogens is 374 g/mol. The second-order valence-corrected chi connectivity index (χ2v) is 6.28. The standard InChI is InChI=1S/C17H18BrN3O3/c1-23-13-5-2-4-12(10-13)20-17(22)21-9-7-14(11-21)24-16-15(18)6-3-8-19-16/h2-6,8,10,14H,7,9,11H2,1H3,(H,20,22). The second kappa shape index (κ2) is 7.53. The van der Waals surface area contributed by atoms with Crippen molar-refractivity contribution >= 4 is 27.6 Å². The van der Waals surface area contributed by atoms with Crippen LogP contribution in [0.2, 0.25) is 0 Å². The Morgan fingerprint density at radius 1 is 1.38 bits per heavy atom. The summed E-state index contributed by atoms with van der Waals surface area (Å²) in [6.07, 6.45) is 2.39. The number of carbonyl (C=O) groups excluding carboxylic acids is 1. The van der Waals surface area contributed by atoms with E-state index in [9.17, 15) is 4.79 Å². The zero-order chi connectivity index (χ0) is 16.9. The topological polar surface area (TPSA) is 63.7 Å². The van der Waals surface area contributed by atoms with Gasteiger partial charge in [-0.05, 0) is 40.2 Å². The summed E-state index contributed by atoms with van der Waals surface area (Å²) < 4.78 is 11.8. The molecule has 24 heavy (non-hydrogen) atoms. The van der Waals surface area contributed by atoms with Gasteiger partial charge in [-0.2, -0.15) is 0 Å². The van der Waals surface area contributed by atoms with Crippen LogP contribution in [0, 0.1) is 0 Å². The van der Waals surface area contributed by atoms with Crippen molar-refractivity contribution in [1.29, 1.82) is 0 Å². The van der Waals surface area contributed by atoms with E-state index in [4.69, 9.17) is 9.47 Å². The Labute approximate surface area is 148 Å². The monoisotopic (exact) mass is 391 g/mol. The Kier molecular flexibility index (Phi) is 5.20. The van der Waals surface area contributed by atoms with Crippen molar-refractivity contribution in [2.24, 2.45) is 0 Å². The number of ether oxygens (including phenoxy) is 2. The third kappa shape index (κ3) is 3.97. The van der Waals surface area contributed by atoms with Crippen LogP contribution in [-0.4, -0.2) is 42.2 Å². The lowest BCUT2D eigenvalue weighted by molar-refractivity contribution is 0.189. The largest absolute Gasteiger partial charge is 0.497 e. The molecule has 126 valence electrons. The number of hydrogen-bond donors (Lipinski definition) is 1. The molecule has 2 amide bonds. The summed E-state index contributed by atoms with van der Waals surface area (Å²) in [6.45, 7) is 1.17. The van der Waals surface area contributed by atoms with Crippen LogP contribution in [-0.2, 0) is 0 Å². The number of aromatic nitrogens is 1. The minimum atomic E-state index is -0.144. The molecular formula is C17H18BrN3O3. The maximum atomic E-state index is 12.4. The minimum Gasteiger partial charge on any atom is -0.497 e. The summed E-state index contributed by atoms with van der Waals surface area (Å²) in [5.41, 5.74) is 0.705. The molecule has 2 aromatic rings. The van der Waals surface area contributed by atoms with E-state index in [0.29, 0.717) is 30.4 Å². The Morgan fingerprint density at radius 3 is 3.04 bits per heavy atom. The lowest BCUT2D eigenvalue weighted by Crippen LogP contribution is -2.34. The molecule has 0 radical (unpaired) electrons. The fraction of sp³-hybridized carbons (Fsp3) is 0.294. The van der Waals surface area contributed by atoms with Crippen molar-refractivity contribution in [3.05, 3.63) is 47.1 Å². The zero-order valence-corrected chi connectivity index (χ0v) is 14.8. The first-order chi connectivity index (χ1) is 11.7. The van der Waals surface area contributed by atoms with Gasteiger partial charge in [0.05, 0.1) is 18.1 Å². The molecule has 3 rings (SSSR count). The average molecular weight is 392 g/mol. The average Bonchev–Trinajstić information content (AvgIpc) is 3.06. The predicted molar refractivity (Wildman–Crippen MR) is 94.6 cm³/mol. The molecule has 0 aliphatic carbocycles. The normalized spacial score (nSPS) is 16.8. The van der Waals surface area contributed by atoms with E-state index in [2.05, 4.69) is 26.2 Å². The predicted octanol–water partition coefficient (Wildman–Crippen LogP) is 3.54. The molecule has 0 saturated carbocycles. The van der Waals surface area contributed by atoms with E-state index in [1.165, 1.54) is 0 Å². The first-order valence-corrected chi connectivity index (χ1v) is 8.42. The number of halogens is 1. The van der Waals surface area contributed by atoms with Crippen molar-refractivity contribution in [1.82, 2.24) is 9.88 Å². The summed E-state index contributed by atoms with van der Waals surface area (Å²) in [6, 6.07) is 10.9. The fourth-order valence-corrected chi connectivity index (χ4v) is 2.88. The van der Waals surface area contributed by atoms with Crippen molar-refractivity contribution < 1.29 is 14.3 Å². The van der Waals surface area contributed by atoms with Gasteiger partial charge in [0.25, 0.3) is 0 Å². The van der Waals surface area contributed by atoms with Crippen molar-refractivity contribution in [2.75, 3.05) is 25.5 Å². The summed E-state index contributed by atoms with van der Waals surface area (Å²) in [7, 11) is 1.60. The van der Waals surface area contributed by atoms with Crippen molar-refractivity contribution in [3.63, 3.8) is 0 Å². The van der Waals surface area contributed by atoms with Gasteiger partial charge in [-0.3, -0.25) is 0 Å². The maximum absolute atomic E-state index is 12.4. The van der Waals surface area contributed by atoms with Gasteiger partial charge in [0.15, 0.2) is 0 Å². The van der Waals surface area contributed by atoms with Crippen LogP contribution in [0.5, 0.6) is 11.6 Å². The number of rotatable bonds is 4. The van der Waals surface area contributed by atoms with Crippen LogP contribution >= 0.6 is 15.9 Å². The van der Waals surface area contributed by atoms with Crippen LogP contribution in [0.3, 0.4) is 0 Å². The zero-order valence-electron chi connectivity index (χ0n) is 13.2. The van der Waals surface area contributed by atoms with Crippen LogP contribution in [0.25, 0.3) is 0 Å². The SMILES string of the molecule is COc1cccc(NC(=O)N2CCC(Oc3ncccc3Br)C2)c1. The first kappa shape index (κ1) is 16.6.